The van der Waals surface area contributed by atoms with E-state index < -0.39 is 22.7 Å². The molecule has 2 aliphatic heterocycles. The first-order valence-electron chi connectivity index (χ1n) is 8.18. The third kappa shape index (κ3) is 1.57. The molecule has 0 unspecified atom stereocenters. The molecule has 1 saturated heterocycles. The molecule has 1 aromatic rings. The molecule has 1 aromatic carbocycles. The number of nitrogens with zero attached hydrogens (tertiary/aromatic N) is 3. The zero-order valence-electron chi connectivity index (χ0n) is 14.6. The lowest BCUT2D eigenvalue weighted by atomic mass is 9.94. The molecule has 0 amide bonds. The molecule has 3 aliphatic rings. The van der Waals surface area contributed by atoms with E-state index in [0.29, 0.717) is 11.5 Å². The quantitative estimate of drug-likeness (QED) is 0.867. The summed E-state index contributed by atoms with van der Waals surface area (Å²) in [5, 5.41) is 20.1. The normalized spacial score (nSPS) is 39.7. The van der Waals surface area contributed by atoms with E-state index in [1.54, 1.807) is 18.2 Å². The number of hydrogen-bond acceptors (Lipinski definition) is 8. The Morgan fingerprint density at radius 3 is 2.50 bits per heavy atom. The third-order valence-electron chi connectivity index (χ3n) is 5.54. The van der Waals surface area contributed by atoms with Gasteiger partial charge in [0.2, 0.25) is 0 Å². The summed E-state index contributed by atoms with van der Waals surface area (Å²) in [4.78, 5) is 4.29. The van der Waals surface area contributed by atoms with Gasteiger partial charge in [-0.25, -0.2) is 4.99 Å². The minimum atomic E-state index is -1.56. The molecule has 0 radical (unpaired) electrons. The van der Waals surface area contributed by atoms with Gasteiger partial charge in [0.25, 0.3) is 5.91 Å². The number of amidine groups is 1. The van der Waals surface area contributed by atoms with E-state index in [1.165, 1.54) is 14.2 Å². The summed E-state index contributed by atoms with van der Waals surface area (Å²) in [6, 6.07) is 9.77. The van der Waals surface area contributed by atoms with E-state index in [4.69, 9.17) is 24.7 Å². The van der Waals surface area contributed by atoms with E-state index in [9.17, 15) is 10.5 Å². The number of ether oxygens (including phenoxy) is 4. The molecule has 0 aromatic heterocycles. The molecule has 26 heavy (non-hydrogen) atoms. The van der Waals surface area contributed by atoms with Crippen LogP contribution >= 0.6 is 0 Å². The average molecular weight is 354 g/mol. The van der Waals surface area contributed by atoms with Gasteiger partial charge in [-0.05, 0) is 24.6 Å². The third-order valence-corrected chi connectivity index (χ3v) is 5.54. The Morgan fingerprint density at radius 1 is 1.23 bits per heavy atom. The van der Waals surface area contributed by atoms with Crippen LogP contribution in [-0.2, 0) is 9.47 Å². The molecule has 8 nitrogen and oxygen atoms in total. The molecule has 1 aliphatic carbocycles. The van der Waals surface area contributed by atoms with Gasteiger partial charge < -0.3 is 24.7 Å². The maximum Gasteiger partial charge on any atom is 0.293 e. The van der Waals surface area contributed by atoms with Gasteiger partial charge in [-0.1, -0.05) is 6.07 Å². The van der Waals surface area contributed by atoms with Gasteiger partial charge in [0.1, 0.15) is 11.3 Å². The minimum Gasteiger partial charge on any atom is -0.493 e. The standard InChI is InChI=1S/C18H18N4O4/c1-10-7-25-18(26-10)17(9-20)14(16(17,8-19)15(21)22-18)11-4-5-12(23-2)13(6-11)24-3/h4-6,10,14H,7H2,1-3H3,(H2,21,22)/t10-,14-,16-,17-,18-/m1/s1. The maximum absolute atomic E-state index is 10.1. The van der Waals surface area contributed by atoms with Gasteiger partial charge in [0, 0.05) is 5.92 Å². The van der Waals surface area contributed by atoms with Gasteiger partial charge in [-0.2, -0.15) is 10.5 Å². The van der Waals surface area contributed by atoms with Crippen molar-refractivity contribution < 1.29 is 18.9 Å². The molecule has 0 bridgehead atoms. The summed E-state index contributed by atoms with van der Waals surface area (Å²) in [5.41, 5.74) is 4.21. The Morgan fingerprint density at radius 2 is 1.96 bits per heavy atom. The van der Waals surface area contributed by atoms with Crippen LogP contribution in [0.5, 0.6) is 11.5 Å². The molecule has 2 heterocycles. The van der Waals surface area contributed by atoms with Crippen LogP contribution in [0, 0.1) is 33.5 Å². The zero-order chi connectivity index (χ0) is 18.7. The van der Waals surface area contributed by atoms with Crippen LogP contribution < -0.4 is 15.2 Å². The Bertz CT molecular complexity index is 903. The largest absolute Gasteiger partial charge is 0.493 e. The molecular formula is C18H18N4O4. The molecule has 134 valence electrons. The van der Waals surface area contributed by atoms with Crippen LogP contribution in [0.3, 0.4) is 0 Å². The van der Waals surface area contributed by atoms with Gasteiger partial charge >= 0.3 is 0 Å². The fourth-order valence-corrected chi connectivity index (χ4v) is 4.39. The summed E-state index contributed by atoms with van der Waals surface area (Å²) in [7, 11) is 3.07. The van der Waals surface area contributed by atoms with Crippen molar-refractivity contribution in [2.24, 2.45) is 21.6 Å². The number of methoxy groups -OCH3 is 2. The Kier molecular flexibility index (Phi) is 3.27. The highest BCUT2D eigenvalue weighted by Gasteiger charge is 2.94. The van der Waals surface area contributed by atoms with E-state index in [0.717, 1.165) is 5.56 Å². The van der Waals surface area contributed by atoms with Crippen molar-refractivity contribution in [3.8, 4) is 23.6 Å². The van der Waals surface area contributed by atoms with Crippen LogP contribution in [0.15, 0.2) is 23.2 Å². The van der Waals surface area contributed by atoms with Crippen LogP contribution in [0.1, 0.15) is 18.4 Å². The van der Waals surface area contributed by atoms with Crippen LogP contribution in [0.25, 0.3) is 0 Å². The number of nitrogens with two attached hydrogens (primary N) is 1. The molecule has 8 heteroatoms. The molecule has 4 rings (SSSR count). The van der Waals surface area contributed by atoms with Gasteiger partial charge in [0.05, 0.1) is 39.1 Å². The molecule has 1 spiro atoms. The number of aliphatic imine (C=N–C) groups is 1. The molecule has 5 atom stereocenters. The van der Waals surface area contributed by atoms with Gasteiger partial charge in [-0.15, -0.1) is 0 Å². The van der Waals surface area contributed by atoms with E-state index in [1.807, 2.05) is 6.92 Å². The van der Waals surface area contributed by atoms with Crippen molar-refractivity contribution in [3.63, 3.8) is 0 Å². The van der Waals surface area contributed by atoms with Crippen molar-refractivity contribution in [3.05, 3.63) is 23.8 Å². The Labute approximate surface area is 150 Å². The van der Waals surface area contributed by atoms with Gasteiger partial charge in [0.15, 0.2) is 16.9 Å². The van der Waals surface area contributed by atoms with Crippen molar-refractivity contribution in [2.75, 3.05) is 20.8 Å². The second kappa shape index (κ2) is 5.10. The summed E-state index contributed by atoms with van der Waals surface area (Å²) in [6.07, 6.45) is -0.252. The number of fused-ring (bicyclic) bond motifs is 2. The highest BCUT2D eigenvalue weighted by molar-refractivity contribution is 6.00. The van der Waals surface area contributed by atoms with Gasteiger partial charge in [-0.3, -0.25) is 0 Å². The van der Waals surface area contributed by atoms with E-state index in [-0.39, 0.29) is 18.5 Å². The van der Waals surface area contributed by atoms with Crippen LogP contribution in [-0.4, -0.2) is 38.7 Å². The maximum atomic E-state index is 10.1. The van der Waals surface area contributed by atoms with Crippen LogP contribution in [0.4, 0.5) is 0 Å². The highest BCUT2D eigenvalue weighted by Crippen LogP contribution is 2.82. The first-order valence-corrected chi connectivity index (χ1v) is 8.18. The van der Waals surface area contributed by atoms with Crippen molar-refractivity contribution in [2.45, 2.75) is 24.9 Å². The number of hydrogen-bond donors (Lipinski definition) is 1. The van der Waals surface area contributed by atoms with Crippen molar-refractivity contribution in [1.29, 1.82) is 10.5 Å². The zero-order valence-corrected chi connectivity index (χ0v) is 14.6. The molecular weight excluding hydrogens is 336 g/mol. The topological polar surface area (TPSA) is 123 Å². The summed E-state index contributed by atoms with van der Waals surface area (Å²) < 4.78 is 22.3. The fraction of sp³-hybridized carbons (Fsp3) is 0.500. The van der Waals surface area contributed by atoms with Crippen molar-refractivity contribution >= 4 is 5.84 Å². The SMILES string of the molecule is COc1ccc([C@H]2[C@@]3(C#N)[C@@]4(N=C(N)[C@@]23C#N)OC[C@@H](C)O4)cc1OC. The average Bonchev–Trinajstić information content (AvgIpc) is 3.05. The minimum absolute atomic E-state index is 0.0652. The lowest BCUT2D eigenvalue weighted by Gasteiger charge is -2.26. The first-order chi connectivity index (χ1) is 12.5. The summed E-state index contributed by atoms with van der Waals surface area (Å²) in [6.45, 7) is 2.10. The predicted octanol–water partition coefficient (Wildman–Crippen LogP) is 1.28. The second-order valence-corrected chi connectivity index (χ2v) is 6.71. The fourth-order valence-electron chi connectivity index (χ4n) is 4.39. The van der Waals surface area contributed by atoms with Crippen molar-refractivity contribution in [1.82, 2.24) is 0 Å². The number of nitriles is 2. The van der Waals surface area contributed by atoms with E-state index in [2.05, 4.69) is 17.1 Å². The smallest absolute Gasteiger partial charge is 0.293 e. The Hall–Kier alpha value is -2.81. The molecule has 1 saturated carbocycles. The Balaban J connectivity index is 1.88. The van der Waals surface area contributed by atoms with E-state index >= 15 is 0 Å². The summed E-state index contributed by atoms with van der Waals surface area (Å²) >= 11 is 0. The number of rotatable bonds is 3. The second-order valence-electron chi connectivity index (χ2n) is 6.71. The molecule has 2 N–H and O–H groups in total. The lowest BCUT2D eigenvalue weighted by molar-refractivity contribution is -0.193. The van der Waals surface area contributed by atoms with Crippen LogP contribution in [0.2, 0.25) is 0 Å². The number of benzene rings is 1. The highest BCUT2D eigenvalue weighted by atomic mass is 16.8. The first kappa shape index (κ1) is 16.6. The predicted molar refractivity (Wildman–Crippen MR) is 89.2 cm³/mol. The molecule has 2 fully saturated rings. The lowest BCUT2D eigenvalue weighted by Crippen LogP contribution is -2.39. The monoisotopic (exact) mass is 354 g/mol. The summed E-state index contributed by atoms with van der Waals surface area (Å²) in [5.74, 6) is -0.985.